The Labute approximate surface area is 193 Å². The van der Waals surface area contributed by atoms with E-state index in [0.717, 1.165) is 24.0 Å². The van der Waals surface area contributed by atoms with Crippen LogP contribution in [-0.2, 0) is 14.3 Å². The number of carboxylic acid groups (broad SMARTS) is 1. The molecular weight excluding hydrogens is 420 g/mol. The van der Waals surface area contributed by atoms with E-state index in [4.69, 9.17) is 9.84 Å². The summed E-state index contributed by atoms with van der Waals surface area (Å²) in [7, 11) is 0. The number of carbonyl (C=O) groups is 3. The molecule has 2 aromatic carbocycles. The van der Waals surface area contributed by atoms with Gasteiger partial charge in [-0.2, -0.15) is 0 Å². The maximum absolute atomic E-state index is 12.5. The average molecular weight is 451 g/mol. The van der Waals surface area contributed by atoms with Crippen molar-refractivity contribution in [2.24, 2.45) is 11.8 Å². The summed E-state index contributed by atoms with van der Waals surface area (Å²) in [6.45, 7) is 2.16. The summed E-state index contributed by atoms with van der Waals surface area (Å²) in [5, 5.41) is 14.6. The highest BCUT2D eigenvalue weighted by molar-refractivity contribution is 5.80. The fourth-order valence-corrected chi connectivity index (χ4v) is 4.96. The number of rotatable bonds is 8. The number of ether oxygens (including phenoxy) is 1. The van der Waals surface area contributed by atoms with E-state index in [-0.39, 0.29) is 43.4 Å². The normalized spacial score (nSPS) is 19.9. The lowest BCUT2D eigenvalue weighted by Crippen LogP contribution is -2.41. The van der Waals surface area contributed by atoms with Gasteiger partial charge in [0.15, 0.2) is 0 Å². The summed E-state index contributed by atoms with van der Waals surface area (Å²) in [4.78, 5) is 35.6. The van der Waals surface area contributed by atoms with E-state index in [2.05, 4.69) is 34.9 Å². The highest BCUT2D eigenvalue weighted by Crippen LogP contribution is 2.44. The molecule has 0 radical (unpaired) electrons. The van der Waals surface area contributed by atoms with Crippen molar-refractivity contribution in [3.05, 3.63) is 59.7 Å². The molecule has 2 aliphatic rings. The SMILES string of the molecule is CC(CNC(=O)OCC1c2ccccc2-c2ccccc21)C(=O)N[C@@H]1CC[C@H](CC(=O)O)C1. The highest BCUT2D eigenvalue weighted by atomic mass is 16.5. The van der Waals surface area contributed by atoms with Crippen LogP contribution in [0.5, 0.6) is 0 Å². The number of fused-ring (bicyclic) bond motifs is 3. The third kappa shape index (κ3) is 5.35. The van der Waals surface area contributed by atoms with E-state index < -0.39 is 18.0 Å². The van der Waals surface area contributed by atoms with Gasteiger partial charge in [-0.25, -0.2) is 4.79 Å². The summed E-state index contributed by atoms with van der Waals surface area (Å²) >= 11 is 0. The third-order valence-corrected chi connectivity index (χ3v) is 6.69. The summed E-state index contributed by atoms with van der Waals surface area (Å²) in [6.07, 6.45) is 1.88. The Balaban J connectivity index is 1.23. The lowest BCUT2D eigenvalue weighted by atomic mass is 9.98. The van der Waals surface area contributed by atoms with Crippen LogP contribution in [0.2, 0.25) is 0 Å². The first-order valence-electron chi connectivity index (χ1n) is 11.5. The van der Waals surface area contributed by atoms with Crippen LogP contribution in [0.3, 0.4) is 0 Å². The average Bonchev–Trinajstić information content (AvgIpc) is 3.37. The predicted octanol–water partition coefficient (Wildman–Crippen LogP) is 3.92. The zero-order valence-electron chi connectivity index (χ0n) is 18.8. The minimum Gasteiger partial charge on any atom is -0.481 e. The molecular formula is C26H30N2O5. The van der Waals surface area contributed by atoms with Gasteiger partial charge < -0.3 is 20.5 Å². The molecule has 1 unspecified atom stereocenters. The van der Waals surface area contributed by atoms with E-state index in [1.807, 2.05) is 24.3 Å². The standard InChI is InChI=1S/C26H30N2O5/c1-16(25(31)28-18-11-10-17(12-18)13-24(29)30)14-27-26(32)33-15-23-21-8-4-2-6-19(21)20-7-3-5-9-22(20)23/h2-9,16-18,23H,10-15H2,1H3,(H,27,32)(H,28,31)(H,29,30)/t16?,17-,18+/m0/s1. The molecule has 2 aliphatic carbocycles. The second kappa shape index (κ2) is 10.1. The van der Waals surface area contributed by atoms with Crippen LogP contribution in [0, 0.1) is 11.8 Å². The number of alkyl carbamates (subject to hydrolysis) is 1. The number of benzene rings is 2. The Hall–Kier alpha value is -3.35. The number of aliphatic carboxylic acids is 1. The fourth-order valence-electron chi connectivity index (χ4n) is 4.96. The number of carboxylic acids is 1. The van der Waals surface area contributed by atoms with E-state index >= 15 is 0 Å². The Kier molecular flexibility index (Phi) is 6.96. The first kappa shape index (κ1) is 22.8. The predicted molar refractivity (Wildman–Crippen MR) is 124 cm³/mol. The van der Waals surface area contributed by atoms with Crippen LogP contribution in [-0.4, -0.2) is 42.3 Å². The van der Waals surface area contributed by atoms with Crippen LogP contribution in [0.25, 0.3) is 11.1 Å². The van der Waals surface area contributed by atoms with E-state index in [9.17, 15) is 14.4 Å². The first-order valence-corrected chi connectivity index (χ1v) is 11.5. The molecule has 0 aromatic heterocycles. The molecule has 0 saturated heterocycles. The minimum atomic E-state index is -0.798. The Morgan fingerprint density at radius 1 is 1.03 bits per heavy atom. The molecule has 33 heavy (non-hydrogen) atoms. The van der Waals surface area contributed by atoms with Gasteiger partial charge in [0.25, 0.3) is 0 Å². The van der Waals surface area contributed by atoms with Crippen LogP contribution >= 0.6 is 0 Å². The summed E-state index contributed by atoms with van der Waals surface area (Å²) in [5.41, 5.74) is 4.64. The zero-order valence-corrected chi connectivity index (χ0v) is 18.8. The van der Waals surface area contributed by atoms with Gasteiger partial charge in [0, 0.05) is 24.9 Å². The number of hydrogen-bond acceptors (Lipinski definition) is 4. The zero-order chi connectivity index (χ0) is 23.4. The number of hydrogen-bond donors (Lipinski definition) is 3. The Bertz CT molecular complexity index is 991. The van der Waals surface area contributed by atoms with Gasteiger partial charge in [-0.15, -0.1) is 0 Å². The molecule has 2 aromatic rings. The van der Waals surface area contributed by atoms with Gasteiger partial charge in [-0.05, 0) is 47.4 Å². The maximum Gasteiger partial charge on any atom is 0.407 e. The summed E-state index contributed by atoms with van der Waals surface area (Å²) < 4.78 is 5.52. The van der Waals surface area contributed by atoms with Crippen molar-refractivity contribution < 1.29 is 24.2 Å². The van der Waals surface area contributed by atoms with Crippen molar-refractivity contribution >= 4 is 18.0 Å². The molecule has 4 rings (SSSR count). The van der Waals surface area contributed by atoms with Crippen molar-refractivity contribution in [3.63, 3.8) is 0 Å². The van der Waals surface area contributed by atoms with Gasteiger partial charge >= 0.3 is 12.1 Å². The van der Waals surface area contributed by atoms with Crippen LogP contribution in [0.4, 0.5) is 4.79 Å². The molecule has 7 heteroatoms. The smallest absolute Gasteiger partial charge is 0.407 e. The van der Waals surface area contributed by atoms with Gasteiger partial charge in [0.2, 0.25) is 5.91 Å². The highest BCUT2D eigenvalue weighted by Gasteiger charge is 2.30. The first-order chi connectivity index (χ1) is 15.9. The van der Waals surface area contributed by atoms with E-state index in [0.29, 0.717) is 6.42 Å². The maximum atomic E-state index is 12.5. The molecule has 0 aliphatic heterocycles. The van der Waals surface area contributed by atoms with Crippen molar-refractivity contribution in [2.45, 2.75) is 44.6 Å². The Morgan fingerprint density at radius 2 is 1.67 bits per heavy atom. The largest absolute Gasteiger partial charge is 0.481 e. The molecule has 7 nitrogen and oxygen atoms in total. The molecule has 2 amide bonds. The molecule has 1 fully saturated rings. The molecule has 3 atom stereocenters. The minimum absolute atomic E-state index is 0.00115. The van der Waals surface area contributed by atoms with Crippen LogP contribution < -0.4 is 10.6 Å². The van der Waals surface area contributed by atoms with Crippen molar-refractivity contribution in [1.82, 2.24) is 10.6 Å². The van der Waals surface area contributed by atoms with E-state index in [1.54, 1.807) is 6.92 Å². The second-order valence-corrected chi connectivity index (χ2v) is 9.09. The monoisotopic (exact) mass is 450 g/mol. The molecule has 0 spiro atoms. The molecule has 174 valence electrons. The summed E-state index contributed by atoms with van der Waals surface area (Å²) in [6, 6.07) is 16.3. The number of nitrogens with one attached hydrogen (secondary N) is 2. The summed E-state index contributed by atoms with van der Waals surface area (Å²) in [5.74, 6) is -1.25. The van der Waals surface area contributed by atoms with Gasteiger partial charge in [0.1, 0.15) is 6.61 Å². The number of amides is 2. The Morgan fingerprint density at radius 3 is 2.30 bits per heavy atom. The van der Waals surface area contributed by atoms with Crippen molar-refractivity contribution in [3.8, 4) is 11.1 Å². The molecule has 0 heterocycles. The lowest BCUT2D eigenvalue weighted by Gasteiger charge is -2.18. The quantitative estimate of drug-likeness (QED) is 0.565. The van der Waals surface area contributed by atoms with Gasteiger partial charge in [-0.1, -0.05) is 55.5 Å². The van der Waals surface area contributed by atoms with Crippen LogP contribution in [0.15, 0.2) is 48.5 Å². The second-order valence-electron chi connectivity index (χ2n) is 9.09. The van der Waals surface area contributed by atoms with Crippen LogP contribution in [0.1, 0.15) is 49.7 Å². The van der Waals surface area contributed by atoms with Gasteiger partial charge in [0.05, 0.1) is 5.92 Å². The third-order valence-electron chi connectivity index (χ3n) is 6.69. The molecule has 1 saturated carbocycles. The lowest BCUT2D eigenvalue weighted by molar-refractivity contribution is -0.138. The van der Waals surface area contributed by atoms with E-state index in [1.165, 1.54) is 11.1 Å². The van der Waals surface area contributed by atoms with Crippen molar-refractivity contribution in [2.75, 3.05) is 13.2 Å². The molecule has 0 bridgehead atoms. The number of carbonyl (C=O) groups excluding carboxylic acids is 2. The van der Waals surface area contributed by atoms with Gasteiger partial charge in [-0.3, -0.25) is 9.59 Å². The topological polar surface area (TPSA) is 105 Å². The fraction of sp³-hybridized carbons (Fsp3) is 0.423. The molecule has 3 N–H and O–H groups in total. The van der Waals surface area contributed by atoms with Crippen molar-refractivity contribution in [1.29, 1.82) is 0 Å².